The van der Waals surface area contributed by atoms with Crippen molar-refractivity contribution in [2.45, 2.75) is 20.4 Å². The number of rotatable bonds is 5. The third-order valence-electron chi connectivity index (χ3n) is 2.93. The average molecular weight is 348 g/mol. The molecule has 5 heteroatoms. The summed E-state index contributed by atoms with van der Waals surface area (Å²) in [5.74, 6) is 0.00254. The summed E-state index contributed by atoms with van der Waals surface area (Å²) in [5.41, 5.74) is 2.91. The zero-order chi connectivity index (χ0) is 15.2. The molecule has 1 heterocycles. The Morgan fingerprint density at radius 1 is 1.19 bits per heavy atom. The molecule has 0 fully saturated rings. The first-order valence-corrected chi connectivity index (χ1v) is 7.58. The Hall–Kier alpha value is -1.88. The molecule has 4 nitrogen and oxygen atoms in total. The van der Waals surface area contributed by atoms with Gasteiger partial charge in [0.1, 0.15) is 0 Å². The van der Waals surface area contributed by atoms with Gasteiger partial charge in [-0.15, -0.1) is 0 Å². The number of anilines is 2. The predicted molar refractivity (Wildman–Crippen MR) is 89.2 cm³/mol. The van der Waals surface area contributed by atoms with E-state index >= 15 is 0 Å². The molecule has 2 aromatic rings. The molecular formula is C16H18BrN3O. The van der Waals surface area contributed by atoms with Gasteiger partial charge in [-0.3, -0.25) is 9.78 Å². The van der Waals surface area contributed by atoms with Crippen LogP contribution in [0, 0.1) is 5.92 Å². The number of pyridine rings is 1. The smallest absolute Gasteiger partial charge is 0.226 e. The van der Waals surface area contributed by atoms with Crippen LogP contribution in [0.1, 0.15) is 19.4 Å². The topological polar surface area (TPSA) is 54.0 Å². The van der Waals surface area contributed by atoms with Crippen molar-refractivity contribution in [1.29, 1.82) is 0 Å². The molecule has 21 heavy (non-hydrogen) atoms. The maximum Gasteiger partial charge on any atom is 0.226 e. The van der Waals surface area contributed by atoms with E-state index < -0.39 is 0 Å². The molecular weight excluding hydrogens is 330 g/mol. The Kier molecular flexibility index (Phi) is 5.33. The Morgan fingerprint density at radius 3 is 2.48 bits per heavy atom. The van der Waals surface area contributed by atoms with E-state index in [0.29, 0.717) is 6.54 Å². The molecule has 0 unspecified atom stereocenters. The minimum atomic E-state index is -0.0215. The zero-order valence-corrected chi connectivity index (χ0v) is 13.6. The van der Waals surface area contributed by atoms with Crippen LogP contribution in [0.3, 0.4) is 0 Å². The summed E-state index contributed by atoms with van der Waals surface area (Å²) < 4.78 is 0.966. The van der Waals surface area contributed by atoms with Crippen molar-refractivity contribution in [3.05, 3.63) is 52.8 Å². The number of carbonyl (C=O) groups is 1. The van der Waals surface area contributed by atoms with Gasteiger partial charge in [0, 0.05) is 40.7 Å². The van der Waals surface area contributed by atoms with Crippen molar-refractivity contribution in [3.63, 3.8) is 0 Å². The van der Waals surface area contributed by atoms with Gasteiger partial charge in [-0.05, 0) is 51.8 Å². The van der Waals surface area contributed by atoms with Gasteiger partial charge in [-0.2, -0.15) is 0 Å². The molecule has 110 valence electrons. The molecule has 1 aromatic heterocycles. The molecule has 0 bridgehead atoms. The van der Waals surface area contributed by atoms with E-state index in [1.165, 1.54) is 0 Å². The molecule has 2 N–H and O–H groups in total. The lowest BCUT2D eigenvalue weighted by Crippen LogP contribution is -2.17. The summed E-state index contributed by atoms with van der Waals surface area (Å²) in [6.07, 6.45) is 3.59. The number of aromatic nitrogens is 1. The van der Waals surface area contributed by atoms with Crippen LogP contribution >= 0.6 is 15.9 Å². The van der Waals surface area contributed by atoms with Gasteiger partial charge in [-0.25, -0.2) is 0 Å². The Labute approximate surface area is 133 Å². The van der Waals surface area contributed by atoms with Crippen LogP contribution < -0.4 is 10.6 Å². The number of hydrogen-bond donors (Lipinski definition) is 2. The molecule has 0 radical (unpaired) electrons. The maximum absolute atomic E-state index is 11.6. The Balaban J connectivity index is 1.92. The fraction of sp³-hybridized carbons (Fsp3) is 0.250. The largest absolute Gasteiger partial charge is 0.381 e. The summed E-state index contributed by atoms with van der Waals surface area (Å²) in [7, 11) is 0. The third-order valence-corrected chi connectivity index (χ3v) is 3.37. The SMILES string of the molecule is CC(C)C(=O)Nc1ccc(NCc2cncc(Br)c2)cc1. The molecule has 1 aromatic carbocycles. The zero-order valence-electron chi connectivity index (χ0n) is 12.1. The van der Waals surface area contributed by atoms with Gasteiger partial charge >= 0.3 is 0 Å². The van der Waals surface area contributed by atoms with Crippen molar-refractivity contribution in [2.75, 3.05) is 10.6 Å². The summed E-state index contributed by atoms with van der Waals surface area (Å²) in [5, 5.41) is 6.18. The molecule has 0 saturated heterocycles. The summed E-state index contributed by atoms with van der Waals surface area (Å²) in [6.45, 7) is 4.44. The number of benzene rings is 1. The van der Waals surface area contributed by atoms with Crippen molar-refractivity contribution in [2.24, 2.45) is 5.92 Å². The lowest BCUT2D eigenvalue weighted by atomic mass is 10.2. The highest BCUT2D eigenvalue weighted by Gasteiger charge is 2.06. The first-order valence-electron chi connectivity index (χ1n) is 6.79. The quantitative estimate of drug-likeness (QED) is 0.857. The van der Waals surface area contributed by atoms with Crippen molar-refractivity contribution in [1.82, 2.24) is 4.98 Å². The highest BCUT2D eigenvalue weighted by Crippen LogP contribution is 2.16. The minimum Gasteiger partial charge on any atom is -0.381 e. The molecule has 0 aliphatic rings. The van der Waals surface area contributed by atoms with Gasteiger partial charge < -0.3 is 10.6 Å². The van der Waals surface area contributed by atoms with Gasteiger partial charge in [-0.1, -0.05) is 13.8 Å². The number of nitrogens with zero attached hydrogens (tertiary/aromatic N) is 1. The predicted octanol–water partition coefficient (Wildman–Crippen LogP) is 4.05. The molecule has 0 aliphatic heterocycles. The van der Waals surface area contributed by atoms with Gasteiger partial charge in [0.25, 0.3) is 0 Å². The minimum absolute atomic E-state index is 0.0215. The molecule has 0 aliphatic carbocycles. The van der Waals surface area contributed by atoms with Crippen LogP contribution in [-0.2, 0) is 11.3 Å². The molecule has 2 rings (SSSR count). The highest BCUT2D eigenvalue weighted by molar-refractivity contribution is 9.10. The van der Waals surface area contributed by atoms with E-state index in [9.17, 15) is 4.79 Å². The lowest BCUT2D eigenvalue weighted by molar-refractivity contribution is -0.118. The first kappa shape index (κ1) is 15.5. The monoisotopic (exact) mass is 347 g/mol. The number of nitrogens with one attached hydrogen (secondary N) is 2. The molecule has 0 saturated carbocycles. The normalized spacial score (nSPS) is 10.5. The summed E-state index contributed by atoms with van der Waals surface area (Å²) in [6, 6.07) is 9.70. The van der Waals surface area contributed by atoms with Crippen LogP contribution in [-0.4, -0.2) is 10.9 Å². The number of carbonyl (C=O) groups excluding carboxylic acids is 1. The van der Waals surface area contributed by atoms with Gasteiger partial charge in [0.05, 0.1) is 0 Å². The first-order chi connectivity index (χ1) is 10.0. The van der Waals surface area contributed by atoms with E-state index in [2.05, 4.69) is 31.5 Å². The maximum atomic E-state index is 11.6. The van der Waals surface area contributed by atoms with Crippen LogP contribution in [0.2, 0.25) is 0 Å². The van der Waals surface area contributed by atoms with E-state index in [-0.39, 0.29) is 11.8 Å². The molecule has 0 atom stereocenters. The second-order valence-corrected chi connectivity index (χ2v) is 6.00. The fourth-order valence-electron chi connectivity index (χ4n) is 1.71. The Morgan fingerprint density at radius 2 is 1.86 bits per heavy atom. The van der Waals surface area contributed by atoms with Crippen LogP contribution in [0.25, 0.3) is 0 Å². The van der Waals surface area contributed by atoms with E-state index in [0.717, 1.165) is 21.4 Å². The van der Waals surface area contributed by atoms with Crippen LogP contribution in [0.15, 0.2) is 47.2 Å². The van der Waals surface area contributed by atoms with Crippen LogP contribution in [0.5, 0.6) is 0 Å². The molecule has 1 amide bonds. The van der Waals surface area contributed by atoms with Crippen molar-refractivity contribution < 1.29 is 4.79 Å². The third kappa shape index (κ3) is 4.86. The standard InChI is InChI=1S/C16H18BrN3O/c1-11(2)16(21)20-15-5-3-14(4-6-15)19-9-12-7-13(17)10-18-8-12/h3-8,10-11,19H,9H2,1-2H3,(H,20,21). The van der Waals surface area contributed by atoms with Crippen molar-refractivity contribution >= 4 is 33.2 Å². The molecule has 0 spiro atoms. The number of halogens is 1. The summed E-state index contributed by atoms with van der Waals surface area (Å²) >= 11 is 3.40. The average Bonchev–Trinajstić information content (AvgIpc) is 2.46. The van der Waals surface area contributed by atoms with Crippen LogP contribution in [0.4, 0.5) is 11.4 Å². The second-order valence-electron chi connectivity index (χ2n) is 5.09. The van der Waals surface area contributed by atoms with E-state index in [1.54, 1.807) is 6.20 Å². The van der Waals surface area contributed by atoms with E-state index in [4.69, 9.17) is 0 Å². The van der Waals surface area contributed by atoms with Crippen molar-refractivity contribution in [3.8, 4) is 0 Å². The van der Waals surface area contributed by atoms with Gasteiger partial charge in [0.15, 0.2) is 0 Å². The fourth-order valence-corrected chi connectivity index (χ4v) is 2.13. The van der Waals surface area contributed by atoms with E-state index in [1.807, 2.05) is 50.4 Å². The number of hydrogen-bond acceptors (Lipinski definition) is 3. The Bertz CT molecular complexity index is 611. The highest BCUT2D eigenvalue weighted by atomic mass is 79.9. The van der Waals surface area contributed by atoms with Gasteiger partial charge in [0.2, 0.25) is 5.91 Å². The summed E-state index contributed by atoms with van der Waals surface area (Å²) in [4.78, 5) is 15.7. The second kappa shape index (κ2) is 7.22. The lowest BCUT2D eigenvalue weighted by Gasteiger charge is -2.10. The number of amides is 1.